The second-order valence-corrected chi connectivity index (χ2v) is 6.31. The van der Waals surface area contributed by atoms with Crippen molar-refractivity contribution in [3.63, 3.8) is 0 Å². The average molecular weight is 328 g/mol. The average Bonchev–Trinajstić information content (AvgIpc) is 2.62. The Balaban J connectivity index is 1.55. The van der Waals surface area contributed by atoms with E-state index >= 15 is 0 Å². The minimum absolute atomic E-state index is 0.178. The summed E-state index contributed by atoms with van der Waals surface area (Å²) in [4.78, 5) is 13.6. The van der Waals surface area contributed by atoms with Gasteiger partial charge in [0, 0.05) is 44.7 Å². The summed E-state index contributed by atoms with van der Waals surface area (Å²) in [6.07, 6.45) is 2.58. The number of ether oxygens (including phenoxy) is 1. The van der Waals surface area contributed by atoms with E-state index in [1.54, 1.807) is 18.5 Å². The molecule has 0 N–H and O–H groups in total. The predicted molar refractivity (Wildman–Crippen MR) is 89.3 cm³/mol. The quantitative estimate of drug-likeness (QED) is 0.862. The Bertz CT molecular complexity index is 718. The number of rotatable bonds is 3. The number of hydrogen-bond donors (Lipinski definition) is 0. The first-order valence-corrected chi connectivity index (χ1v) is 8.42. The molecule has 0 unspecified atom stereocenters. The van der Waals surface area contributed by atoms with E-state index in [0.29, 0.717) is 0 Å². The van der Waals surface area contributed by atoms with Gasteiger partial charge in [0.05, 0.1) is 18.9 Å². The maximum atomic E-state index is 13.4. The van der Waals surface area contributed by atoms with Crippen LogP contribution in [0.2, 0.25) is 0 Å². The van der Waals surface area contributed by atoms with Gasteiger partial charge >= 0.3 is 0 Å². The lowest BCUT2D eigenvalue weighted by Crippen LogP contribution is -2.39. The van der Waals surface area contributed by atoms with Crippen molar-refractivity contribution in [2.75, 3.05) is 37.7 Å². The van der Waals surface area contributed by atoms with E-state index < -0.39 is 0 Å². The highest BCUT2D eigenvalue weighted by Gasteiger charge is 2.24. The molecule has 24 heavy (non-hydrogen) atoms. The van der Waals surface area contributed by atoms with Crippen molar-refractivity contribution in [3.05, 3.63) is 53.2 Å². The van der Waals surface area contributed by atoms with E-state index in [0.717, 1.165) is 69.4 Å². The molecule has 0 atom stereocenters. The zero-order valence-corrected chi connectivity index (χ0v) is 13.6. The summed E-state index contributed by atoms with van der Waals surface area (Å²) in [5, 5.41) is 0. The lowest BCUT2D eigenvalue weighted by Gasteiger charge is -2.34. The Morgan fingerprint density at radius 3 is 2.83 bits per heavy atom. The molecule has 1 aromatic heterocycles. The zero-order valence-electron chi connectivity index (χ0n) is 13.6. The molecule has 0 radical (unpaired) electrons. The maximum absolute atomic E-state index is 13.4. The van der Waals surface area contributed by atoms with Crippen LogP contribution >= 0.6 is 0 Å². The number of halogens is 1. The summed E-state index contributed by atoms with van der Waals surface area (Å²) in [6, 6.07) is 6.84. The molecule has 0 bridgehead atoms. The molecule has 1 saturated heterocycles. The molecule has 0 saturated carbocycles. The van der Waals surface area contributed by atoms with Crippen LogP contribution in [0, 0.1) is 5.82 Å². The third-order valence-electron chi connectivity index (χ3n) is 4.66. The second kappa shape index (κ2) is 6.83. The van der Waals surface area contributed by atoms with Crippen molar-refractivity contribution in [1.82, 2.24) is 14.9 Å². The van der Waals surface area contributed by atoms with Gasteiger partial charge in [0.25, 0.3) is 0 Å². The van der Waals surface area contributed by atoms with Gasteiger partial charge in [-0.2, -0.15) is 0 Å². The van der Waals surface area contributed by atoms with Crippen LogP contribution in [0.5, 0.6) is 0 Å². The summed E-state index contributed by atoms with van der Waals surface area (Å²) in [6.45, 7) is 5.70. The van der Waals surface area contributed by atoms with Gasteiger partial charge in [-0.25, -0.2) is 14.4 Å². The van der Waals surface area contributed by atoms with Gasteiger partial charge in [0.15, 0.2) is 0 Å². The minimum atomic E-state index is -0.178. The Morgan fingerprint density at radius 2 is 2.00 bits per heavy atom. The monoisotopic (exact) mass is 328 g/mol. The number of aromatic nitrogens is 2. The molecular weight excluding hydrogens is 307 g/mol. The van der Waals surface area contributed by atoms with Crippen LogP contribution in [0.25, 0.3) is 0 Å². The molecule has 3 heterocycles. The van der Waals surface area contributed by atoms with Gasteiger partial charge in [-0.3, -0.25) is 4.90 Å². The fourth-order valence-corrected chi connectivity index (χ4v) is 3.46. The van der Waals surface area contributed by atoms with Crippen LogP contribution < -0.4 is 4.90 Å². The van der Waals surface area contributed by atoms with Gasteiger partial charge < -0.3 is 9.64 Å². The summed E-state index contributed by atoms with van der Waals surface area (Å²) < 4.78 is 18.9. The van der Waals surface area contributed by atoms with Gasteiger partial charge in [-0.1, -0.05) is 12.1 Å². The van der Waals surface area contributed by atoms with Crippen molar-refractivity contribution in [2.45, 2.75) is 19.5 Å². The maximum Gasteiger partial charge on any atom is 0.136 e. The number of hydrogen-bond acceptors (Lipinski definition) is 5. The van der Waals surface area contributed by atoms with Crippen LogP contribution in [0.3, 0.4) is 0 Å². The first kappa shape index (κ1) is 15.5. The third-order valence-corrected chi connectivity index (χ3v) is 4.66. The molecule has 2 aliphatic heterocycles. The van der Waals surface area contributed by atoms with E-state index in [9.17, 15) is 4.39 Å². The van der Waals surface area contributed by atoms with E-state index in [-0.39, 0.29) is 5.82 Å². The molecule has 4 rings (SSSR count). The van der Waals surface area contributed by atoms with E-state index in [4.69, 9.17) is 4.74 Å². The number of anilines is 1. The van der Waals surface area contributed by atoms with Gasteiger partial charge in [0.1, 0.15) is 18.0 Å². The fraction of sp³-hybridized carbons (Fsp3) is 0.444. The number of morpholine rings is 1. The van der Waals surface area contributed by atoms with Crippen molar-refractivity contribution >= 4 is 5.82 Å². The third kappa shape index (κ3) is 3.25. The van der Waals surface area contributed by atoms with Crippen LogP contribution in [0.15, 0.2) is 30.6 Å². The Hall–Kier alpha value is -2.05. The van der Waals surface area contributed by atoms with Crippen LogP contribution in [-0.4, -0.2) is 47.7 Å². The van der Waals surface area contributed by atoms with Crippen molar-refractivity contribution < 1.29 is 9.13 Å². The number of fused-ring (bicyclic) bond motifs is 1. The molecule has 0 amide bonds. The van der Waals surface area contributed by atoms with E-state index in [2.05, 4.69) is 19.8 Å². The highest BCUT2D eigenvalue weighted by Crippen LogP contribution is 2.27. The fourth-order valence-electron chi connectivity index (χ4n) is 3.46. The number of nitrogens with zero attached hydrogens (tertiary/aromatic N) is 4. The first-order chi connectivity index (χ1) is 11.8. The second-order valence-electron chi connectivity index (χ2n) is 6.31. The smallest absolute Gasteiger partial charge is 0.136 e. The largest absolute Gasteiger partial charge is 0.378 e. The lowest BCUT2D eigenvalue weighted by molar-refractivity contribution is 0.122. The zero-order chi connectivity index (χ0) is 16.4. The Kier molecular flexibility index (Phi) is 4.40. The predicted octanol–water partition coefficient (Wildman–Crippen LogP) is 2.01. The molecule has 6 heteroatoms. The normalized spacial score (nSPS) is 18.5. The van der Waals surface area contributed by atoms with Gasteiger partial charge in [-0.05, 0) is 17.7 Å². The van der Waals surface area contributed by atoms with E-state index in [1.807, 2.05) is 6.07 Å². The first-order valence-electron chi connectivity index (χ1n) is 8.42. The summed E-state index contributed by atoms with van der Waals surface area (Å²) in [5.74, 6) is 0.856. The molecule has 1 aromatic carbocycles. The van der Waals surface area contributed by atoms with Crippen molar-refractivity contribution in [1.29, 1.82) is 0 Å². The van der Waals surface area contributed by atoms with Gasteiger partial charge in [0.2, 0.25) is 0 Å². The van der Waals surface area contributed by atoms with Crippen LogP contribution in [-0.2, 0) is 24.2 Å². The SMILES string of the molecule is Fc1cccc(CN2CCc3ncnc(N4CCOCC4)c3C2)c1. The molecule has 0 spiro atoms. The molecule has 1 fully saturated rings. The van der Waals surface area contributed by atoms with Crippen LogP contribution in [0.1, 0.15) is 16.8 Å². The molecule has 2 aromatic rings. The van der Waals surface area contributed by atoms with Crippen molar-refractivity contribution in [2.24, 2.45) is 0 Å². The Labute approximate surface area is 141 Å². The van der Waals surface area contributed by atoms with Gasteiger partial charge in [-0.15, -0.1) is 0 Å². The lowest BCUT2D eigenvalue weighted by atomic mass is 10.0. The summed E-state index contributed by atoms with van der Waals surface area (Å²) in [5.41, 5.74) is 3.35. The molecule has 2 aliphatic rings. The summed E-state index contributed by atoms with van der Waals surface area (Å²) in [7, 11) is 0. The van der Waals surface area contributed by atoms with Crippen molar-refractivity contribution in [3.8, 4) is 0 Å². The Morgan fingerprint density at radius 1 is 1.12 bits per heavy atom. The minimum Gasteiger partial charge on any atom is -0.378 e. The molecule has 0 aliphatic carbocycles. The van der Waals surface area contributed by atoms with E-state index in [1.165, 1.54) is 11.6 Å². The van der Waals surface area contributed by atoms with Crippen LogP contribution in [0.4, 0.5) is 10.2 Å². The molecular formula is C18H21FN4O. The highest BCUT2D eigenvalue weighted by atomic mass is 19.1. The highest BCUT2D eigenvalue weighted by molar-refractivity contribution is 5.49. The summed E-state index contributed by atoms with van der Waals surface area (Å²) >= 11 is 0. The topological polar surface area (TPSA) is 41.5 Å². The molecule has 126 valence electrons. The number of benzene rings is 1. The standard InChI is InChI=1S/C18H21FN4O/c19-15-3-1-2-14(10-15)11-22-5-4-17-16(12-22)18(21-13-20-17)23-6-8-24-9-7-23/h1-3,10,13H,4-9,11-12H2. The molecule has 5 nitrogen and oxygen atoms in total.